The Hall–Kier alpha value is -3.81. The highest BCUT2D eigenvalue weighted by molar-refractivity contribution is 6.33. The van der Waals surface area contributed by atoms with Crippen molar-refractivity contribution in [2.45, 2.75) is 37.3 Å². The molecule has 2 aliphatic rings. The van der Waals surface area contributed by atoms with E-state index in [0.29, 0.717) is 51.8 Å². The molecule has 8 heteroatoms. The molecule has 1 fully saturated rings. The normalized spacial score (nSPS) is 16.6. The van der Waals surface area contributed by atoms with Crippen molar-refractivity contribution in [3.8, 4) is 11.1 Å². The number of fused-ring (bicyclic) bond motifs is 1. The number of rotatable bonds is 5. The van der Waals surface area contributed by atoms with Crippen molar-refractivity contribution in [1.82, 2.24) is 14.9 Å². The number of carbonyl (C=O) groups is 1. The van der Waals surface area contributed by atoms with Gasteiger partial charge in [-0.1, -0.05) is 60.1 Å². The molecule has 1 saturated carbocycles. The van der Waals surface area contributed by atoms with Crippen LogP contribution in [0.2, 0.25) is 5.02 Å². The second-order valence-corrected chi connectivity index (χ2v) is 10.4. The zero-order valence-electron chi connectivity index (χ0n) is 20.5. The SMILES string of the molecule is O=C(C(O)c1cccc(-c2cc(F)ccc2Cl)c1)N1CCc2nc(C3(c4ccccc4)CC3)[nH]c(=O)c2C1. The fourth-order valence-electron chi connectivity index (χ4n) is 5.29. The lowest BCUT2D eigenvalue weighted by molar-refractivity contribution is -0.141. The standard InChI is InChI=1S/C30H25ClFN3O3/c31-24-10-9-21(32)16-22(24)18-5-4-6-19(15-18)26(36)28(38)35-14-11-25-23(17-35)27(37)34-29(33-25)30(12-13-30)20-7-2-1-3-8-20/h1-10,15-16,26,36H,11-14,17H2,(H,33,34,37). The molecule has 0 radical (unpaired) electrons. The summed E-state index contributed by atoms with van der Waals surface area (Å²) < 4.78 is 13.8. The van der Waals surface area contributed by atoms with Crippen molar-refractivity contribution in [2.24, 2.45) is 0 Å². The second kappa shape index (κ2) is 9.49. The summed E-state index contributed by atoms with van der Waals surface area (Å²) in [6, 6.07) is 20.8. The maximum atomic E-state index is 13.8. The number of aliphatic hydroxyl groups is 1. The van der Waals surface area contributed by atoms with Crippen LogP contribution in [0, 0.1) is 5.82 Å². The van der Waals surface area contributed by atoms with E-state index in [9.17, 15) is 19.1 Å². The Kier molecular flexibility index (Phi) is 6.13. The number of aliphatic hydroxyl groups excluding tert-OH is 1. The van der Waals surface area contributed by atoms with Gasteiger partial charge in [-0.3, -0.25) is 9.59 Å². The largest absolute Gasteiger partial charge is 0.378 e. The molecule has 1 unspecified atom stereocenters. The van der Waals surface area contributed by atoms with Crippen molar-refractivity contribution in [1.29, 1.82) is 0 Å². The summed E-state index contributed by atoms with van der Waals surface area (Å²) >= 11 is 6.24. The number of aromatic nitrogens is 2. The van der Waals surface area contributed by atoms with Gasteiger partial charge in [0.1, 0.15) is 11.6 Å². The number of benzene rings is 3. The van der Waals surface area contributed by atoms with Crippen molar-refractivity contribution >= 4 is 17.5 Å². The summed E-state index contributed by atoms with van der Waals surface area (Å²) in [6.45, 7) is 0.411. The first-order chi connectivity index (χ1) is 18.4. The van der Waals surface area contributed by atoms with Crippen molar-refractivity contribution < 1.29 is 14.3 Å². The number of hydrogen-bond acceptors (Lipinski definition) is 4. The third kappa shape index (κ3) is 4.31. The summed E-state index contributed by atoms with van der Waals surface area (Å²) in [7, 11) is 0. The molecule has 0 bridgehead atoms. The zero-order valence-corrected chi connectivity index (χ0v) is 21.2. The number of halogens is 2. The van der Waals surface area contributed by atoms with Gasteiger partial charge in [0.25, 0.3) is 11.5 Å². The first-order valence-corrected chi connectivity index (χ1v) is 12.9. The Balaban J connectivity index is 1.23. The maximum absolute atomic E-state index is 13.8. The van der Waals surface area contributed by atoms with Crippen LogP contribution in [-0.4, -0.2) is 32.4 Å². The molecule has 4 aromatic rings. The zero-order chi connectivity index (χ0) is 26.4. The van der Waals surface area contributed by atoms with Gasteiger partial charge in [-0.25, -0.2) is 9.37 Å². The van der Waals surface area contributed by atoms with E-state index in [0.717, 1.165) is 18.4 Å². The van der Waals surface area contributed by atoms with Crippen LogP contribution in [0.15, 0.2) is 77.6 Å². The van der Waals surface area contributed by atoms with Gasteiger partial charge < -0.3 is 15.0 Å². The van der Waals surface area contributed by atoms with Gasteiger partial charge in [-0.2, -0.15) is 0 Å². The van der Waals surface area contributed by atoms with Gasteiger partial charge in [0, 0.05) is 23.6 Å². The molecule has 2 N–H and O–H groups in total. The summed E-state index contributed by atoms with van der Waals surface area (Å²) in [6.07, 6.45) is 0.835. The van der Waals surface area contributed by atoms with Crippen LogP contribution < -0.4 is 5.56 Å². The first kappa shape index (κ1) is 24.5. The quantitative estimate of drug-likeness (QED) is 0.384. The average Bonchev–Trinajstić information content (AvgIpc) is 3.76. The van der Waals surface area contributed by atoms with E-state index in [1.807, 2.05) is 18.2 Å². The minimum Gasteiger partial charge on any atom is -0.378 e. The maximum Gasteiger partial charge on any atom is 0.256 e. The van der Waals surface area contributed by atoms with E-state index in [1.54, 1.807) is 24.3 Å². The Bertz CT molecular complexity index is 1600. The lowest BCUT2D eigenvalue weighted by Crippen LogP contribution is -2.42. The van der Waals surface area contributed by atoms with E-state index in [-0.39, 0.29) is 17.5 Å². The predicted molar refractivity (Wildman–Crippen MR) is 142 cm³/mol. The molecule has 0 spiro atoms. The van der Waals surface area contributed by atoms with Crippen molar-refractivity contribution in [3.63, 3.8) is 0 Å². The van der Waals surface area contributed by atoms with Crippen LogP contribution in [0.5, 0.6) is 0 Å². The van der Waals surface area contributed by atoms with Crippen LogP contribution >= 0.6 is 11.6 Å². The molecule has 1 atom stereocenters. The number of hydrogen-bond donors (Lipinski definition) is 2. The molecular formula is C30H25ClFN3O3. The predicted octanol–water partition coefficient (Wildman–Crippen LogP) is 4.93. The molecule has 3 aromatic carbocycles. The number of nitrogens with one attached hydrogen (secondary N) is 1. The van der Waals surface area contributed by atoms with Crippen molar-refractivity contribution in [2.75, 3.05) is 6.54 Å². The highest BCUT2D eigenvalue weighted by Gasteiger charge is 2.48. The van der Waals surface area contributed by atoms with Gasteiger partial charge >= 0.3 is 0 Å². The number of nitrogens with zero attached hydrogens (tertiary/aromatic N) is 2. The highest BCUT2D eigenvalue weighted by atomic mass is 35.5. The lowest BCUT2D eigenvalue weighted by Gasteiger charge is -2.30. The number of H-pyrrole nitrogens is 1. The monoisotopic (exact) mass is 529 g/mol. The van der Waals surface area contributed by atoms with Gasteiger partial charge in [-0.05, 0) is 53.8 Å². The molecule has 1 amide bonds. The number of aromatic amines is 1. The Labute approximate surface area is 223 Å². The highest BCUT2D eigenvalue weighted by Crippen LogP contribution is 2.52. The second-order valence-electron chi connectivity index (χ2n) is 9.95. The van der Waals surface area contributed by atoms with Crippen molar-refractivity contribution in [3.05, 3.63) is 122 Å². The van der Waals surface area contributed by atoms with E-state index in [1.165, 1.54) is 23.1 Å². The molecule has 38 heavy (non-hydrogen) atoms. The van der Waals surface area contributed by atoms with Crippen LogP contribution in [0.3, 0.4) is 0 Å². The minimum atomic E-state index is -1.44. The Morgan fingerprint density at radius 3 is 2.63 bits per heavy atom. The van der Waals surface area contributed by atoms with E-state index >= 15 is 0 Å². The van der Waals surface area contributed by atoms with Gasteiger partial charge in [0.15, 0.2) is 6.10 Å². The lowest BCUT2D eigenvalue weighted by atomic mass is 9.94. The first-order valence-electron chi connectivity index (χ1n) is 12.6. The molecule has 2 heterocycles. The fourth-order valence-corrected chi connectivity index (χ4v) is 5.52. The van der Waals surface area contributed by atoms with Crippen LogP contribution in [0.25, 0.3) is 11.1 Å². The fraction of sp³-hybridized carbons (Fsp3) is 0.233. The van der Waals surface area contributed by atoms with Gasteiger partial charge in [0.05, 0.1) is 23.2 Å². The average molecular weight is 530 g/mol. The molecule has 1 aliphatic carbocycles. The Morgan fingerprint density at radius 1 is 1.08 bits per heavy atom. The van der Waals surface area contributed by atoms with Crippen LogP contribution in [-0.2, 0) is 23.2 Å². The summed E-state index contributed by atoms with van der Waals surface area (Å²) in [5.41, 5.74) is 3.20. The Morgan fingerprint density at radius 2 is 1.87 bits per heavy atom. The topological polar surface area (TPSA) is 86.3 Å². The molecule has 6 rings (SSSR count). The number of carbonyl (C=O) groups excluding carboxylic acids is 1. The molecule has 6 nitrogen and oxygen atoms in total. The molecule has 1 aromatic heterocycles. The molecule has 0 saturated heterocycles. The van der Waals surface area contributed by atoms with E-state index in [4.69, 9.17) is 16.6 Å². The molecular weight excluding hydrogens is 505 g/mol. The number of amides is 1. The summed E-state index contributed by atoms with van der Waals surface area (Å²) in [5.74, 6) is -0.263. The third-order valence-corrected chi connectivity index (χ3v) is 7.92. The van der Waals surface area contributed by atoms with Crippen LogP contribution in [0.4, 0.5) is 4.39 Å². The summed E-state index contributed by atoms with van der Waals surface area (Å²) in [4.78, 5) is 35.7. The minimum absolute atomic E-state index is 0.0710. The van der Waals surface area contributed by atoms with E-state index in [2.05, 4.69) is 17.1 Å². The van der Waals surface area contributed by atoms with E-state index < -0.39 is 17.8 Å². The molecule has 1 aliphatic heterocycles. The third-order valence-electron chi connectivity index (χ3n) is 7.59. The van der Waals surface area contributed by atoms with Gasteiger partial charge in [0.2, 0.25) is 0 Å². The smallest absolute Gasteiger partial charge is 0.256 e. The summed E-state index contributed by atoms with van der Waals surface area (Å²) in [5, 5.41) is 11.3. The van der Waals surface area contributed by atoms with Gasteiger partial charge in [-0.15, -0.1) is 0 Å². The van der Waals surface area contributed by atoms with Crippen LogP contribution in [0.1, 0.15) is 47.2 Å². The molecule has 192 valence electrons.